The number of amides is 1. The number of pyridine rings is 1. The number of carbonyl (C=O) groups is 1. The molecule has 1 heterocycles. The molecule has 0 aliphatic rings. The van der Waals surface area contributed by atoms with Crippen molar-refractivity contribution in [3.8, 4) is 0 Å². The molecule has 2 rings (SSSR count). The normalized spacial score (nSPS) is 10.0. The number of anilines is 2. The second-order valence-corrected chi connectivity index (χ2v) is 4.43. The Morgan fingerprint density at radius 3 is 2.53 bits per heavy atom. The molecule has 2 aromatic rings. The molecular weight excluding hydrogens is 238 g/mol. The van der Waals surface area contributed by atoms with E-state index in [4.69, 9.17) is 0 Å². The van der Waals surface area contributed by atoms with Gasteiger partial charge in [0.1, 0.15) is 5.82 Å². The Morgan fingerprint density at radius 1 is 1.21 bits per heavy atom. The van der Waals surface area contributed by atoms with Gasteiger partial charge in [-0.2, -0.15) is 0 Å². The highest BCUT2D eigenvalue weighted by Gasteiger charge is 2.04. The lowest BCUT2D eigenvalue weighted by atomic mass is 10.2. The summed E-state index contributed by atoms with van der Waals surface area (Å²) < 4.78 is 0. The Morgan fingerprint density at radius 2 is 1.95 bits per heavy atom. The zero-order chi connectivity index (χ0) is 13.7. The Labute approximate surface area is 113 Å². The molecule has 0 saturated heterocycles. The van der Waals surface area contributed by atoms with Crippen molar-refractivity contribution < 1.29 is 4.79 Å². The number of nitrogens with zero attached hydrogens (tertiary/aromatic N) is 2. The average Bonchev–Trinajstić information content (AvgIpc) is 2.40. The molecule has 19 heavy (non-hydrogen) atoms. The van der Waals surface area contributed by atoms with Crippen molar-refractivity contribution in [2.75, 3.05) is 17.3 Å². The maximum atomic E-state index is 10.9. The zero-order valence-electron chi connectivity index (χ0n) is 11.1. The third-order valence-corrected chi connectivity index (χ3v) is 2.72. The van der Waals surface area contributed by atoms with Crippen LogP contribution in [0.4, 0.5) is 11.5 Å². The first-order valence-electron chi connectivity index (χ1n) is 6.14. The third kappa shape index (κ3) is 3.81. The fourth-order valence-electron chi connectivity index (χ4n) is 1.83. The van der Waals surface area contributed by atoms with E-state index >= 15 is 0 Å². The fourth-order valence-corrected chi connectivity index (χ4v) is 1.83. The number of aromatic nitrogens is 1. The zero-order valence-corrected chi connectivity index (χ0v) is 11.1. The summed E-state index contributed by atoms with van der Waals surface area (Å²) >= 11 is 0. The SMILES string of the molecule is CC(=O)Nc1ccc(N(C)Cc2ccccc2)nc1. The second-order valence-electron chi connectivity index (χ2n) is 4.43. The first-order chi connectivity index (χ1) is 9.15. The average molecular weight is 255 g/mol. The quantitative estimate of drug-likeness (QED) is 0.913. The minimum Gasteiger partial charge on any atom is -0.355 e. The largest absolute Gasteiger partial charge is 0.355 e. The molecule has 0 radical (unpaired) electrons. The molecule has 4 heteroatoms. The van der Waals surface area contributed by atoms with E-state index in [-0.39, 0.29) is 5.91 Å². The summed E-state index contributed by atoms with van der Waals surface area (Å²) in [7, 11) is 1.99. The van der Waals surface area contributed by atoms with E-state index in [1.54, 1.807) is 6.20 Å². The maximum absolute atomic E-state index is 10.9. The van der Waals surface area contributed by atoms with Crippen LogP contribution in [-0.2, 0) is 11.3 Å². The van der Waals surface area contributed by atoms with Gasteiger partial charge in [0.2, 0.25) is 5.91 Å². The van der Waals surface area contributed by atoms with Crippen LogP contribution in [0.5, 0.6) is 0 Å². The molecule has 1 N–H and O–H groups in total. The first kappa shape index (κ1) is 13.1. The van der Waals surface area contributed by atoms with Crippen LogP contribution >= 0.6 is 0 Å². The number of hydrogen-bond acceptors (Lipinski definition) is 3. The van der Waals surface area contributed by atoms with E-state index in [1.165, 1.54) is 12.5 Å². The summed E-state index contributed by atoms with van der Waals surface area (Å²) in [5, 5.41) is 2.70. The van der Waals surface area contributed by atoms with Crippen molar-refractivity contribution in [1.29, 1.82) is 0 Å². The smallest absolute Gasteiger partial charge is 0.221 e. The number of hydrogen-bond donors (Lipinski definition) is 1. The fraction of sp³-hybridized carbons (Fsp3) is 0.200. The van der Waals surface area contributed by atoms with Crippen LogP contribution in [0.25, 0.3) is 0 Å². The Kier molecular flexibility index (Phi) is 4.13. The van der Waals surface area contributed by atoms with Crippen LogP contribution in [-0.4, -0.2) is 17.9 Å². The lowest BCUT2D eigenvalue weighted by Gasteiger charge is -2.18. The van der Waals surface area contributed by atoms with E-state index in [2.05, 4.69) is 27.3 Å². The Bertz CT molecular complexity index is 537. The van der Waals surface area contributed by atoms with E-state index in [9.17, 15) is 4.79 Å². The predicted molar refractivity (Wildman–Crippen MR) is 77.1 cm³/mol. The molecule has 0 spiro atoms. The molecule has 1 amide bonds. The molecule has 4 nitrogen and oxygen atoms in total. The molecule has 0 aliphatic carbocycles. The number of rotatable bonds is 4. The highest BCUT2D eigenvalue weighted by atomic mass is 16.1. The minimum atomic E-state index is -0.0906. The first-order valence-corrected chi connectivity index (χ1v) is 6.14. The van der Waals surface area contributed by atoms with Gasteiger partial charge in [-0.05, 0) is 17.7 Å². The molecule has 1 aromatic heterocycles. The molecule has 1 aromatic carbocycles. The summed E-state index contributed by atoms with van der Waals surface area (Å²) in [5.41, 5.74) is 1.95. The number of benzene rings is 1. The van der Waals surface area contributed by atoms with Gasteiger partial charge in [-0.25, -0.2) is 4.98 Å². The highest BCUT2D eigenvalue weighted by Crippen LogP contribution is 2.15. The summed E-state index contributed by atoms with van der Waals surface area (Å²) in [5.74, 6) is 0.783. The van der Waals surface area contributed by atoms with E-state index in [1.807, 2.05) is 37.4 Å². The predicted octanol–water partition coefficient (Wildman–Crippen LogP) is 2.68. The summed E-state index contributed by atoms with van der Waals surface area (Å²) in [6.07, 6.45) is 1.66. The lowest BCUT2D eigenvalue weighted by Crippen LogP contribution is -2.17. The van der Waals surface area contributed by atoms with Crippen molar-refractivity contribution in [3.05, 3.63) is 54.2 Å². The molecule has 0 bridgehead atoms. The Balaban J connectivity index is 2.03. The van der Waals surface area contributed by atoms with Gasteiger partial charge in [0, 0.05) is 20.5 Å². The topological polar surface area (TPSA) is 45.2 Å². The molecular formula is C15H17N3O. The summed E-state index contributed by atoms with van der Waals surface area (Å²) in [6.45, 7) is 2.28. The van der Waals surface area contributed by atoms with Gasteiger partial charge in [-0.15, -0.1) is 0 Å². The van der Waals surface area contributed by atoms with Crippen LogP contribution in [0.2, 0.25) is 0 Å². The van der Waals surface area contributed by atoms with Crippen molar-refractivity contribution in [3.63, 3.8) is 0 Å². The van der Waals surface area contributed by atoms with Crippen LogP contribution in [0.1, 0.15) is 12.5 Å². The van der Waals surface area contributed by atoms with Crippen molar-refractivity contribution >= 4 is 17.4 Å². The van der Waals surface area contributed by atoms with Gasteiger partial charge in [0.05, 0.1) is 11.9 Å². The molecule has 0 saturated carbocycles. The summed E-state index contributed by atoms with van der Waals surface area (Å²) in [4.78, 5) is 17.3. The van der Waals surface area contributed by atoms with E-state index in [0.29, 0.717) is 5.69 Å². The van der Waals surface area contributed by atoms with Crippen molar-refractivity contribution in [2.45, 2.75) is 13.5 Å². The summed E-state index contributed by atoms with van der Waals surface area (Å²) in [6, 6.07) is 14.0. The van der Waals surface area contributed by atoms with Gasteiger partial charge in [0.15, 0.2) is 0 Å². The van der Waals surface area contributed by atoms with Crippen LogP contribution in [0.15, 0.2) is 48.7 Å². The molecule has 0 aliphatic heterocycles. The minimum absolute atomic E-state index is 0.0906. The van der Waals surface area contributed by atoms with Gasteiger partial charge >= 0.3 is 0 Å². The van der Waals surface area contributed by atoms with Crippen LogP contribution in [0, 0.1) is 0 Å². The molecule has 98 valence electrons. The molecule has 0 atom stereocenters. The van der Waals surface area contributed by atoms with Gasteiger partial charge in [0.25, 0.3) is 0 Å². The standard InChI is InChI=1S/C15H17N3O/c1-12(19)17-14-8-9-15(16-10-14)18(2)11-13-6-4-3-5-7-13/h3-10H,11H2,1-2H3,(H,17,19). The van der Waals surface area contributed by atoms with Gasteiger partial charge in [-0.3, -0.25) is 4.79 Å². The monoisotopic (exact) mass is 255 g/mol. The maximum Gasteiger partial charge on any atom is 0.221 e. The Hall–Kier alpha value is -2.36. The number of nitrogens with one attached hydrogen (secondary N) is 1. The molecule has 0 fully saturated rings. The third-order valence-electron chi connectivity index (χ3n) is 2.72. The van der Waals surface area contributed by atoms with E-state index < -0.39 is 0 Å². The van der Waals surface area contributed by atoms with Gasteiger partial charge in [-0.1, -0.05) is 30.3 Å². The van der Waals surface area contributed by atoms with Crippen LogP contribution < -0.4 is 10.2 Å². The van der Waals surface area contributed by atoms with Crippen molar-refractivity contribution in [2.24, 2.45) is 0 Å². The van der Waals surface area contributed by atoms with Crippen LogP contribution in [0.3, 0.4) is 0 Å². The number of carbonyl (C=O) groups excluding carboxylic acids is 1. The molecule has 0 unspecified atom stereocenters. The van der Waals surface area contributed by atoms with Crippen molar-refractivity contribution in [1.82, 2.24) is 4.98 Å². The van der Waals surface area contributed by atoms with Gasteiger partial charge < -0.3 is 10.2 Å². The highest BCUT2D eigenvalue weighted by molar-refractivity contribution is 5.88. The lowest BCUT2D eigenvalue weighted by molar-refractivity contribution is -0.114. The second kappa shape index (κ2) is 6.00. The van der Waals surface area contributed by atoms with E-state index in [0.717, 1.165) is 12.4 Å².